The number of aromatic nitrogens is 18. The van der Waals surface area contributed by atoms with Gasteiger partial charge in [-0.25, -0.2) is 38.7 Å². The first-order chi connectivity index (χ1) is 72.1. The minimum absolute atomic E-state index is 0.229. The summed E-state index contributed by atoms with van der Waals surface area (Å²) in [5.41, 5.74) is 31.5. The van der Waals surface area contributed by atoms with Crippen molar-refractivity contribution in [2.75, 3.05) is 0 Å². The molecular weight excluding hydrogens is 1830 g/mol. The first-order valence-electron chi connectivity index (χ1n) is 48.9. The number of aliphatic hydroxyl groups excluding tert-OH is 1. The molecule has 18 heterocycles. The fourth-order valence-corrected chi connectivity index (χ4v) is 17.9. The number of benzene rings is 6. The smallest absolute Gasteiger partial charge is 0.387 e. The Balaban J connectivity index is 0.000000108. The average Bonchev–Trinajstić information content (AvgIpc) is 1.63. The summed E-state index contributed by atoms with van der Waals surface area (Å²) in [7, 11) is 0. The van der Waals surface area contributed by atoms with Gasteiger partial charge in [-0.05, 0) is 276 Å². The molecule has 1 unspecified atom stereocenters. The van der Waals surface area contributed by atoms with Gasteiger partial charge in [-0.15, -0.1) is 0 Å². The third-order valence-electron chi connectivity index (χ3n) is 25.4. The molecule has 1 aliphatic rings. The number of aryl methyl sites for hydroxylation is 4. The number of fused-ring (bicyclic) bond motifs is 6. The lowest BCUT2D eigenvalue weighted by Gasteiger charge is -2.17. The molecule has 0 spiro atoms. The third kappa shape index (κ3) is 21.1. The quantitative estimate of drug-likeness (QED) is 0.0912. The molecule has 6 aromatic carbocycles. The number of nitrogens with zero attached hydrogens (tertiary/aromatic N) is 18. The summed E-state index contributed by atoms with van der Waals surface area (Å²) in [6, 6.07) is 87.1. The van der Waals surface area contributed by atoms with Crippen LogP contribution in [0.3, 0.4) is 0 Å². The second kappa shape index (κ2) is 41.6. The Hall–Kier alpha value is -18.1. The summed E-state index contributed by atoms with van der Waals surface area (Å²) in [4.78, 5) is 52.6. The number of pyridine rings is 12. The molecule has 25 heteroatoms. The summed E-state index contributed by atoms with van der Waals surface area (Å²) < 4.78 is 101. The van der Waals surface area contributed by atoms with E-state index in [4.69, 9.17) is 9.10 Å². The largest absolute Gasteiger partial charge is 0.416 e. The van der Waals surface area contributed by atoms with Crippen LogP contribution in [0, 0.1) is 39.3 Å². The van der Waals surface area contributed by atoms with Gasteiger partial charge in [-0.3, -0.25) is 29.9 Å². The van der Waals surface area contributed by atoms with Gasteiger partial charge in [0.2, 0.25) is 0 Å². The number of halogens is 5. The lowest BCUT2D eigenvalue weighted by Crippen LogP contribution is -2.18. The van der Waals surface area contributed by atoms with Crippen molar-refractivity contribution in [1.29, 1.82) is 0 Å². The summed E-state index contributed by atoms with van der Waals surface area (Å²) >= 11 is 0. The van der Waals surface area contributed by atoms with E-state index >= 15 is 0 Å². The van der Waals surface area contributed by atoms with E-state index in [9.17, 15) is 32.2 Å². The minimum atomic E-state index is -4.39. The zero-order chi connectivity index (χ0) is 103. The molecule has 2 N–H and O–H groups in total. The summed E-state index contributed by atoms with van der Waals surface area (Å²) in [6.07, 6.45) is 37.8. The highest BCUT2D eigenvalue weighted by Gasteiger charge is 2.32. The second-order valence-electron chi connectivity index (χ2n) is 36.1. The third-order valence-corrected chi connectivity index (χ3v) is 25.4. The van der Waals surface area contributed by atoms with Crippen LogP contribution in [-0.4, -0.2) is 96.4 Å². The van der Waals surface area contributed by atoms with Crippen molar-refractivity contribution in [1.82, 2.24) is 86.2 Å². The molecule has 1 atom stereocenters. The van der Waals surface area contributed by atoms with E-state index in [1.165, 1.54) is 53.3 Å². The molecule has 1 saturated carbocycles. The molecular formula is C121H97F5N18O2. The molecule has 20 nitrogen and oxygen atoms in total. The van der Waals surface area contributed by atoms with E-state index in [0.29, 0.717) is 33.6 Å². The van der Waals surface area contributed by atoms with Gasteiger partial charge >= 0.3 is 6.18 Å². The van der Waals surface area contributed by atoms with Crippen molar-refractivity contribution < 1.29 is 36.3 Å². The topological polar surface area (TPSA) is 222 Å². The van der Waals surface area contributed by atoms with Gasteiger partial charge < -0.3 is 36.6 Å². The molecule has 0 aliphatic heterocycles. The van der Waals surface area contributed by atoms with Crippen molar-refractivity contribution in [3.8, 4) is 134 Å². The minimum Gasteiger partial charge on any atom is -0.387 e. The maximum atomic E-state index is 13.7. The Morgan fingerprint density at radius 3 is 1.16 bits per heavy atom. The fourth-order valence-electron chi connectivity index (χ4n) is 17.9. The second-order valence-corrected chi connectivity index (χ2v) is 36.1. The van der Waals surface area contributed by atoms with Gasteiger partial charge in [0, 0.05) is 174 Å². The van der Waals surface area contributed by atoms with Gasteiger partial charge in [-0.1, -0.05) is 114 Å². The maximum Gasteiger partial charge on any atom is 0.416 e. The van der Waals surface area contributed by atoms with Crippen LogP contribution in [0.2, 0.25) is 0 Å². The van der Waals surface area contributed by atoms with Crippen molar-refractivity contribution in [3.63, 3.8) is 0 Å². The molecule has 0 saturated heterocycles. The van der Waals surface area contributed by atoms with Crippen LogP contribution in [0.1, 0.15) is 94.5 Å². The molecule has 0 bridgehead atoms. The van der Waals surface area contributed by atoms with Crippen LogP contribution >= 0.6 is 0 Å². The first kappa shape index (κ1) is 91.7. The molecule has 0 amide bonds. The first-order valence-corrected chi connectivity index (χ1v) is 47.4. The van der Waals surface area contributed by atoms with Crippen LogP contribution in [0.5, 0.6) is 0 Å². The predicted octanol–water partition coefficient (Wildman–Crippen LogP) is 28.1. The molecule has 25 rings (SSSR count). The Bertz CT molecular complexity index is 8830. The van der Waals surface area contributed by atoms with Crippen LogP contribution in [0.25, 0.3) is 168 Å². The highest BCUT2D eigenvalue weighted by molar-refractivity contribution is 5.88. The standard InChI is InChI=1S/C22H20FN3O.C21H18FN3O.C21H17N3.C19H12F3N3.2C19H15N3/c1-14-11-15(6-8-18(14)23)21-17(5-4-10-24-21)16-7-9-20-25-12-19(22(2,3)27)26(20)13-16;1-13-10-15(5-7-18(13)22)21-17(4-3-9-23-21)16-6-8-20-24-11-19(14(2)26)25(20)12-16;1-3-16(15-6-7-15)11-18(4-1)21-20(5-2-9-23-21)17-8-10-24-14-22-13-19(24)12-17;20-19(21,22)15-4-1-3-14(9-15)18-17(5-2-7-24-18)13-6-8-25-12-23-11-16(25)10-13;1-14-4-2-5-15(12-14)19-17(6-3-9-21-19)16-7-8-18-20-10-11-22(18)13-16;1-14-4-2-5-16(10-14)19-18(6-3-8-21-19)15-7-9-22-13-20-12-17(22)11-15/h4-13,27H,1-3H3;3-12,14,26H,1-2H3;1-5,8-15H,6-7H2;1-12H;2*2-13H,1H3/i;;;;1D3;. The van der Waals surface area contributed by atoms with Gasteiger partial charge in [0.1, 0.15) is 34.2 Å². The van der Waals surface area contributed by atoms with Crippen molar-refractivity contribution in [3.05, 3.63) is 472 Å². The maximum absolute atomic E-state index is 13.7. The number of alkyl halides is 3. The monoisotopic (exact) mass is 1930 g/mol. The predicted molar refractivity (Wildman–Crippen MR) is 565 cm³/mol. The molecule has 0 radical (unpaired) electrons. The van der Waals surface area contributed by atoms with Crippen LogP contribution in [-0.2, 0) is 11.8 Å². The highest BCUT2D eigenvalue weighted by Crippen LogP contribution is 2.44. The van der Waals surface area contributed by atoms with Crippen LogP contribution in [0.15, 0.2) is 416 Å². The number of rotatable bonds is 15. The van der Waals surface area contributed by atoms with E-state index in [1.54, 1.807) is 145 Å². The van der Waals surface area contributed by atoms with Gasteiger partial charge in [0.25, 0.3) is 0 Å². The number of hydrogen-bond acceptors (Lipinski definition) is 14. The van der Waals surface area contributed by atoms with Gasteiger partial charge in [-0.2, -0.15) is 13.2 Å². The van der Waals surface area contributed by atoms with Gasteiger partial charge in [0.15, 0.2) is 0 Å². The Morgan fingerprint density at radius 2 is 0.726 bits per heavy atom. The number of imidazole rings is 6. The SMILES string of the molecule is Cc1cc(-c2ncccc2-c2ccc3ncc(C(C)(C)O)n3c2)ccc1F.Cc1cc(-c2ncccc2-c2ccc3ncc(C(C)O)n3c2)ccc1F.Cc1cccc(-c2ncccc2-c2ccn3cncc3c2)c1.FC(F)(F)c1cccc(-c2ncccc2-c2ccn3cncc3c2)c1.[2H]C([2H])([2H])c1cccc(-c2ncccc2-c2ccc3nccn3c2)c1.c1cc(-c2ncccc2-c2ccn3cncc3c2)cc(C2CC2)c1. The van der Waals surface area contributed by atoms with Gasteiger partial charge in [0.05, 0.1) is 124 Å². The van der Waals surface area contributed by atoms with E-state index < -0.39 is 30.3 Å². The van der Waals surface area contributed by atoms with E-state index in [1.807, 2.05) is 210 Å². The summed E-state index contributed by atoms with van der Waals surface area (Å²) in [6.45, 7) is 8.64. The van der Waals surface area contributed by atoms with Crippen molar-refractivity contribution in [2.24, 2.45) is 0 Å². The van der Waals surface area contributed by atoms with E-state index in [0.717, 1.165) is 169 Å². The zero-order valence-electron chi connectivity index (χ0n) is 83.2. The molecule has 18 aromatic heterocycles. The van der Waals surface area contributed by atoms with Crippen molar-refractivity contribution in [2.45, 2.75) is 85.0 Å². The Kier molecular flexibility index (Phi) is 26.1. The molecule has 718 valence electrons. The van der Waals surface area contributed by atoms with Crippen molar-refractivity contribution >= 4 is 33.5 Å². The van der Waals surface area contributed by atoms with Crippen LogP contribution in [0.4, 0.5) is 22.0 Å². The fraction of sp³-hybridized carbons (Fsp3) is 0.107. The van der Waals surface area contributed by atoms with E-state index in [-0.39, 0.29) is 11.6 Å². The lowest BCUT2D eigenvalue weighted by atomic mass is 9.98. The Morgan fingerprint density at radius 1 is 0.342 bits per heavy atom. The Labute approximate surface area is 842 Å². The highest BCUT2D eigenvalue weighted by atomic mass is 19.4. The summed E-state index contributed by atoms with van der Waals surface area (Å²) in [5.74, 6) is 0.291. The normalized spacial score (nSPS) is 12.5. The molecule has 1 aliphatic carbocycles. The zero-order valence-corrected chi connectivity index (χ0v) is 80.2. The van der Waals surface area contributed by atoms with Crippen LogP contribution < -0.4 is 0 Å². The average molecular weight is 1930 g/mol. The molecule has 1 fully saturated rings. The summed E-state index contributed by atoms with van der Waals surface area (Å²) in [5, 5.41) is 20.4. The molecule has 146 heavy (non-hydrogen) atoms. The number of hydrogen-bond donors (Lipinski definition) is 2. The number of aliphatic hydroxyl groups is 2. The lowest BCUT2D eigenvalue weighted by molar-refractivity contribution is -0.137. The van der Waals surface area contributed by atoms with E-state index in [2.05, 4.69) is 153 Å². The molecule has 24 aromatic rings.